The van der Waals surface area contributed by atoms with Crippen LogP contribution < -0.4 is 14.4 Å². The van der Waals surface area contributed by atoms with Gasteiger partial charge in [0.05, 0.1) is 19.1 Å². The first-order valence-corrected chi connectivity index (χ1v) is 13.2. The van der Waals surface area contributed by atoms with Crippen LogP contribution in [0.15, 0.2) is 48.5 Å². The smallest absolute Gasteiger partial charge is 0.244 e. The van der Waals surface area contributed by atoms with E-state index in [-0.39, 0.29) is 12.5 Å². The molecule has 0 radical (unpaired) electrons. The van der Waals surface area contributed by atoms with E-state index in [1.165, 1.54) is 4.90 Å². The van der Waals surface area contributed by atoms with Gasteiger partial charge in [0.2, 0.25) is 21.8 Å². The minimum Gasteiger partial charge on any atom is -0.497 e. The van der Waals surface area contributed by atoms with Crippen LogP contribution in [0.25, 0.3) is 0 Å². The number of carbonyl (C=O) groups excluding carboxylic acids is 2. The fourth-order valence-corrected chi connectivity index (χ4v) is 4.60. The van der Waals surface area contributed by atoms with Gasteiger partial charge in [-0.25, -0.2) is 8.42 Å². The summed E-state index contributed by atoms with van der Waals surface area (Å²) in [7, 11) is -2.20. The Labute approximate surface area is 202 Å². The van der Waals surface area contributed by atoms with Crippen LogP contribution >= 0.6 is 0 Å². The molecule has 0 saturated carbocycles. The maximum absolute atomic E-state index is 13.6. The van der Waals surface area contributed by atoms with Crippen molar-refractivity contribution in [3.8, 4) is 5.75 Å². The molecule has 0 aliphatic heterocycles. The molecule has 2 aromatic carbocycles. The van der Waals surface area contributed by atoms with Gasteiger partial charge in [-0.15, -0.1) is 0 Å². The molecule has 0 fully saturated rings. The second-order valence-electron chi connectivity index (χ2n) is 8.14. The van der Waals surface area contributed by atoms with E-state index >= 15 is 0 Å². The fourth-order valence-electron chi connectivity index (χ4n) is 3.69. The van der Waals surface area contributed by atoms with Gasteiger partial charge in [-0.3, -0.25) is 13.9 Å². The standard InChI is InChI=1S/C25H35N3O5S/c1-6-15-26-25(30)22(7-2)27(17-20-12-10-13-21(16-20)33-4)24(29)18-28(34(5,31)32)23-14-9-8-11-19(23)3/h8-14,16,22H,6-7,15,17-18H2,1-5H3,(H,26,30)/t22-/m0/s1. The Morgan fingerprint density at radius 2 is 1.79 bits per heavy atom. The van der Waals surface area contributed by atoms with E-state index in [9.17, 15) is 18.0 Å². The van der Waals surface area contributed by atoms with Crippen molar-refractivity contribution in [1.29, 1.82) is 0 Å². The van der Waals surface area contributed by atoms with Crippen LogP contribution in [0.2, 0.25) is 0 Å². The second kappa shape index (κ2) is 12.4. The number of methoxy groups -OCH3 is 1. The minimum absolute atomic E-state index is 0.138. The van der Waals surface area contributed by atoms with E-state index in [1.807, 2.05) is 26.0 Å². The number of aryl methyl sites for hydroxylation is 1. The predicted molar refractivity (Wildman–Crippen MR) is 134 cm³/mol. The highest BCUT2D eigenvalue weighted by Gasteiger charge is 2.32. The summed E-state index contributed by atoms with van der Waals surface area (Å²) in [6, 6.07) is 13.5. The fraction of sp³-hybridized carbons (Fsp3) is 0.440. The number of hydrogen-bond acceptors (Lipinski definition) is 5. The van der Waals surface area contributed by atoms with Crippen LogP contribution in [-0.4, -0.2) is 57.6 Å². The van der Waals surface area contributed by atoms with Crippen LogP contribution in [0.5, 0.6) is 5.75 Å². The van der Waals surface area contributed by atoms with Crippen LogP contribution in [0.4, 0.5) is 5.69 Å². The van der Waals surface area contributed by atoms with Crippen molar-refractivity contribution in [2.24, 2.45) is 0 Å². The molecule has 2 amide bonds. The molecule has 0 aliphatic rings. The summed E-state index contributed by atoms with van der Waals surface area (Å²) < 4.78 is 31.7. The summed E-state index contributed by atoms with van der Waals surface area (Å²) in [5.41, 5.74) is 1.94. The first kappa shape index (κ1) is 27.2. The molecule has 0 aliphatic carbocycles. The average Bonchev–Trinajstić information content (AvgIpc) is 2.80. The van der Waals surface area contributed by atoms with E-state index < -0.39 is 28.5 Å². The Kier molecular flexibility index (Phi) is 9.92. The summed E-state index contributed by atoms with van der Waals surface area (Å²) in [5, 5.41) is 2.86. The number of carbonyl (C=O) groups is 2. The maximum atomic E-state index is 13.6. The zero-order chi connectivity index (χ0) is 25.3. The van der Waals surface area contributed by atoms with Gasteiger partial charge < -0.3 is 15.0 Å². The van der Waals surface area contributed by atoms with Crippen molar-refractivity contribution >= 4 is 27.5 Å². The quantitative estimate of drug-likeness (QED) is 0.494. The summed E-state index contributed by atoms with van der Waals surface area (Å²) in [6.45, 7) is 5.79. The highest BCUT2D eigenvalue weighted by Crippen LogP contribution is 2.23. The Bertz CT molecular complexity index is 1090. The molecule has 34 heavy (non-hydrogen) atoms. The molecule has 2 aromatic rings. The molecule has 0 aromatic heterocycles. The summed E-state index contributed by atoms with van der Waals surface area (Å²) in [5.74, 6) is -0.0940. The molecule has 9 heteroatoms. The van der Waals surface area contributed by atoms with Crippen LogP contribution in [-0.2, 0) is 26.2 Å². The number of sulfonamides is 1. The van der Waals surface area contributed by atoms with Gasteiger partial charge >= 0.3 is 0 Å². The third kappa shape index (κ3) is 7.21. The molecule has 1 N–H and O–H groups in total. The molecule has 186 valence electrons. The number of nitrogens with zero attached hydrogens (tertiary/aromatic N) is 2. The molecular weight excluding hydrogens is 454 g/mol. The summed E-state index contributed by atoms with van der Waals surface area (Å²) in [4.78, 5) is 28.0. The van der Waals surface area contributed by atoms with E-state index in [0.717, 1.165) is 28.1 Å². The predicted octanol–water partition coefficient (Wildman–Crippen LogP) is 3.10. The molecule has 2 rings (SSSR count). The van der Waals surface area contributed by atoms with Crippen molar-refractivity contribution in [3.63, 3.8) is 0 Å². The van der Waals surface area contributed by atoms with Crippen molar-refractivity contribution in [1.82, 2.24) is 10.2 Å². The average molecular weight is 490 g/mol. The number of hydrogen-bond donors (Lipinski definition) is 1. The Balaban J connectivity index is 2.45. The van der Waals surface area contributed by atoms with Gasteiger partial charge in [0.1, 0.15) is 18.3 Å². The van der Waals surface area contributed by atoms with E-state index in [0.29, 0.717) is 24.4 Å². The molecule has 0 bridgehead atoms. The number of para-hydroxylation sites is 1. The van der Waals surface area contributed by atoms with Gasteiger partial charge in [0, 0.05) is 13.1 Å². The lowest BCUT2D eigenvalue weighted by Gasteiger charge is -2.33. The van der Waals surface area contributed by atoms with E-state index in [4.69, 9.17) is 4.74 Å². The Morgan fingerprint density at radius 1 is 1.09 bits per heavy atom. The molecule has 1 atom stereocenters. The SMILES string of the molecule is CCCNC(=O)[C@H](CC)N(Cc1cccc(OC)c1)C(=O)CN(c1ccccc1C)S(C)(=O)=O. The maximum Gasteiger partial charge on any atom is 0.244 e. The first-order valence-electron chi connectivity index (χ1n) is 11.4. The molecular formula is C25H35N3O5S. The number of rotatable bonds is 12. The summed E-state index contributed by atoms with van der Waals surface area (Å²) in [6.07, 6.45) is 2.22. The number of anilines is 1. The molecule has 0 unspecified atom stereocenters. The number of ether oxygens (including phenoxy) is 1. The molecule has 0 saturated heterocycles. The third-order valence-electron chi connectivity index (χ3n) is 5.49. The van der Waals surface area contributed by atoms with E-state index in [2.05, 4.69) is 5.32 Å². The van der Waals surface area contributed by atoms with Crippen LogP contribution in [0.3, 0.4) is 0 Å². The number of benzene rings is 2. The lowest BCUT2D eigenvalue weighted by Crippen LogP contribution is -2.52. The van der Waals surface area contributed by atoms with Gasteiger partial charge in [0.25, 0.3) is 0 Å². The topological polar surface area (TPSA) is 96.0 Å². The monoisotopic (exact) mass is 489 g/mol. The zero-order valence-corrected chi connectivity index (χ0v) is 21.4. The normalized spacial score (nSPS) is 12.0. The first-order chi connectivity index (χ1) is 16.1. The highest BCUT2D eigenvalue weighted by atomic mass is 32.2. The van der Waals surface area contributed by atoms with Gasteiger partial charge in [-0.1, -0.05) is 44.2 Å². The number of nitrogens with one attached hydrogen (secondary N) is 1. The third-order valence-corrected chi connectivity index (χ3v) is 6.61. The molecule has 8 nitrogen and oxygen atoms in total. The lowest BCUT2D eigenvalue weighted by atomic mass is 10.1. The Morgan fingerprint density at radius 3 is 2.38 bits per heavy atom. The second-order valence-corrected chi connectivity index (χ2v) is 10.1. The van der Waals surface area contributed by atoms with Crippen molar-refractivity contribution in [2.45, 2.75) is 46.2 Å². The van der Waals surface area contributed by atoms with Crippen molar-refractivity contribution in [3.05, 3.63) is 59.7 Å². The molecule has 0 heterocycles. The minimum atomic E-state index is -3.75. The van der Waals surface area contributed by atoms with Crippen LogP contribution in [0.1, 0.15) is 37.8 Å². The van der Waals surface area contributed by atoms with Gasteiger partial charge in [0.15, 0.2) is 0 Å². The van der Waals surface area contributed by atoms with Crippen molar-refractivity contribution < 1.29 is 22.7 Å². The van der Waals surface area contributed by atoms with Crippen LogP contribution in [0, 0.1) is 6.92 Å². The molecule has 0 spiro atoms. The highest BCUT2D eigenvalue weighted by molar-refractivity contribution is 7.92. The largest absolute Gasteiger partial charge is 0.497 e. The van der Waals surface area contributed by atoms with Crippen molar-refractivity contribution in [2.75, 3.05) is 30.8 Å². The van der Waals surface area contributed by atoms with Gasteiger partial charge in [-0.2, -0.15) is 0 Å². The number of amides is 2. The zero-order valence-electron chi connectivity index (χ0n) is 20.6. The summed E-state index contributed by atoms with van der Waals surface area (Å²) >= 11 is 0. The van der Waals surface area contributed by atoms with Gasteiger partial charge in [-0.05, 0) is 49.1 Å². The van der Waals surface area contributed by atoms with E-state index in [1.54, 1.807) is 50.4 Å². The Hall–Kier alpha value is -3.07. The lowest BCUT2D eigenvalue weighted by molar-refractivity contribution is -0.140.